The summed E-state index contributed by atoms with van der Waals surface area (Å²) in [7, 11) is 0. The number of para-hydroxylation sites is 1. The number of amides is 2. The lowest BCUT2D eigenvalue weighted by Gasteiger charge is -2.26. The average Bonchev–Trinajstić information content (AvgIpc) is 3.07. The molecule has 2 unspecified atom stereocenters. The molecule has 1 aliphatic rings. The van der Waals surface area contributed by atoms with Gasteiger partial charge in [0.2, 0.25) is 0 Å². The standard InChI is InChI=1S/C16H19N3O2S/c1-11(15-17-7-9-22-15)10-18-16(20)19-13-6-8-21-14-5-3-2-4-12(13)14/h2-5,7,9,11,13H,6,8,10H2,1H3,(H2,18,19,20). The van der Waals surface area contributed by atoms with E-state index in [1.54, 1.807) is 17.5 Å². The van der Waals surface area contributed by atoms with E-state index in [0.717, 1.165) is 22.7 Å². The van der Waals surface area contributed by atoms with Crippen LogP contribution in [0.3, 0.4) is 0 Å². The lowest BCUT2D eigenvalue weighted by atomic mass is 10.0. The van der Waals surface area contributed by atoms with E-state index in [1.807, 2.05) is 29.6 Å². The van der Waals surface area contributed by atoms with Crippen LogP contribution in [0.15, 0.2) is 35.8 Å². The Balaban J connectivity index is 1.54. The van der Waals surface area contributed by atoms with Crippen LogP contribution in [0, 0.1) is 0 Å². The molecule has 1 aromatic heterocycles. The molecule has 1 aromatic carbocycles. The molecule has 0 aliphatic carbocycles. The van der Waals surface area contributed by atoms with E-state index in [4.69, 9.17) is 4.74 Å². The van der Waals surface area contributed by atoms with Crippen molar-refractivity contribution in [3.63, 3.8) is 0 Å². The molecule has 5 nitrogen and oxygen atoms in total. The first-order valence-electron chi connectivity index (χ1n) is 7.39. The summed E-state index contributed by atoms with van der Waals surface area (Å²) in [6, 6.07) is 7.69. The van der Waals surface area contributed by atoms with Gasteiger partial charge in [-0.25, -0.2) is 9.78 Å². The number of benzene rings is 1. The van der Waals surface area contributed by atoms with Crippen molar-refractivity contribution in [2.24, 2.45) is 0 Å². The second-order valence-electron chi connectivity index (χ2n) is 5.35. The van der Waals surface area contributed by atoms with E-state index in [1.165, 1.54) is 0 Å². The zero-order valence-electron chi connectivity index (χ0n) is 12.4. The van der Waals surface area contributed by atoms with Crippen molar-refractivity contribution in [2.45, 2.75) is 25.3 Å². The summed E-state index contributed by atoms with van der Waals surface area (Å²) < 4.78 is 5.60. The van der Waals surface area contributed by atoms with Crippen molar-refractivity contribution in [3.8, 4) is 5.75 Å². The third-order valence-corrected chi connectivity index (χ3v) is 4.71. The zero-order valence-corrected chi connectivity index (χ0v) is 13.2. The van der Waals surface area contributed by atoms with Crippen molar-refractivity contribution in [2.75, 3.05) is 13.2 Å². The van der Waals surface area contributed by atoms with Gasteiger partial charge in [0.05, 0.1) is 17.7 Å². The van der Waals surface area contributed by atoms with Gasteiger partial charge < -0.3 is 15.4 Å². The molecule has 2 atom stereocenters. The predicted molar refractivity (Wildman–Crippen MR) is 86.4 cm³/mol. The van der Waals surface area contributed by atoms with Gasteiger partial charge in [-0.15, -0.1) is 11.3 Å². The molecule has 0 fully saturated rings. The fourth-order valence-corrected chi connectivity index (χ4v) is 3.21. The lowest BCUT2D eigenvalue weighted by Crippen LogP contribution is -2.40. The second-order valence-corrected chi connectivity index (χ2v) is 6.28. The molecule has 2 aromatic rings. The summed E-state index contributed by atoms with van der Waals surface area (Å²) in [6.07, 6.45) is 2.57. The Bertz CT molecular complexity index is 630. The Hall–Kier alpha value is -2.08. The zero-order chi connectivity index (χ0) is 15.4. The third-order valence-electron chi connectivity index (χ3n) is 3.71. The first kappa shape index (κ1) is 14.8. The van der Waals surface area contributed by atoms with Gasteiger partial charge in [0.1, 0.15) is 5.75 Å². The minimum Gasteiger partial charge on any atom is -0.493 e. The molecule has 0 bridgehead atoms. The Labute approximate surface area is 133 Å². The second kappa shape index (κ2) is 6.79. The molecule has 2 heterocycles. The quantitative estimate of drug-likeness (QED) is 0.911. The molecule has 0 spiro atoms. The summed E-state index contributed by atoms with van der Waals surface area (Å²) in [5.41, 5.74) is 1.04. The van der Waals surface area contributed by atoms with Gasteiger partial charge in [-0.05, 0) is 6.07 Å². The van der Waals surface area contributed by atoms with Crippen LogP contribution in [0.1, 0.15) is 35.9 Å². The van der Waals surface area contributed by atoms with Gasteiger partial charge in [0.15, 0.2) is 0 Å². The number of nitrogens with zero attached hydrogens (tertiary/aromatic N) is 1. The van der Waals surface area contributed by atoms with Crippen LogP contribution in [0.25, 0.3) is 0 Å². The van der Waals surface area contributed by atoms with Crippen LogP contribution in [0.2, 0.25) is 0 Å². The minimum atomic E-state index is -0.148. The number of hydrogen-bond acceptors (Lipinski definition) is 4. The van der Waals surface area contributed by atoms with E-state index in [2.05, 4.69) is 22.5 Å². The highest BCUT2D eigenvalue weighted by atomic mass is 32.1. The topological polar surface area (TPSA) is 63.2 Å². The maximum Gasteiger partial charge on any atom is 0.315 e. The number of hydrogen-bond donors (Lipinski definition) is 2. The molecule has 0 radical (unpaired) electrons. The highest BCUT2D eigenvalue weighted by molar-refractivity contribution is 7.09. The number of aromatic nitrogens is 1. The largest absolute Gasteiger partial charge is 0.493 e. The molecule has 0 saturated carbocycles. The number of carbonyl (C=O) groups excluding carboxylic acids is 1. The normalized spacial score (nSPS) is 18.0. The first-order chi connectivity index (χ1) is 10.7. The van der Waals surface area contributed by atoms with Crippen molar-refractivity contribution in [1.29, 1.82) is 0 Å². The third kappa shape index (κ3) is 3.39. The molecule has 6 heteroatoms. The molecule has 0 saturated heterocycles. The van der Waals surface area contributed by atoms with Crippen molar-refractivity contribution < 1.29 is 9.53 Å². The van der Waals surface area contributed by atoms with Crippen LogP contribution in [0.5, 0.6) is 5.75 Å². The van der Waals surface area contributed by atoms with Crippen LogP contribution in [0.4, 0.5) is 4.79 Å². The van der Waals surface area contributed by atoms with Crippen LogP contribution in [-0.2, 0) is 0 Å². The summed E-state index contributed by atoms with van der Waals surface area (Å²) in [5, 5.41) is 8.94. The number of fused-ring (bicyclic) bond motifs is 1. The van der Waals surface area contributed by atoms with E-state index < -0.39 is 0 Å². The Kier molecular flexibility index (Phi) is 4.58. The fourth-order valence-electron chi connectivity index (χ4n) is 2.51. The van der Waals surface area contributed by atoms with Crippen molar-refractivity contribution in [1.82, 2.24) is 15.6 Å². The fraction of sp³-hybridized carbons (Fsp3) is 0.375. The number of ether oxygens (including phenoxy) is 1. The maximum atomic E-state index is 12.1. The SMILES string of the molecule is CC(CNC(=O)NC1CCOc2ccccc21)c1nccs1. The van der Waals surface area contributed by atoms with E-state index >= 15 is 0 Å². The minimum absolute atomic E-state index is 0.000110. The number of carbonyl (C=O) groups is 1. The number of thiazole rings is 1. The highest BCUT2D eigenvalue weighted by Gasteiger charge is 2.22. The number of urea groups is 1. The molecular formula is C16H19N3O2S. The molecule has 116 valence electrons. The van der Waals surface area contributed by atoms with Gasteiger partial charge in [-0.3, -0.25) is 0 Å². The monoisotopic (exact) mass is 317 g/mol. The van der Waals surface area contributed by atoms with Crippen molar-refractivity contribution >= 4 is 17.4 Å². The highest BCUT2D eigenvalue weighted by Crippen LogP contribution is 2.31. The Morgan fingerprint density at radius 2 is 2.36 bits per heavy atom. The van der Waals surface area contributed by atoms with Gasteiger partial charge in [0.25, 0.3) is 0 Å². The Morgan fingerprint density at radius 1 is 1.50 bits per heavy atom. The number of rotatable bonds is 4. The smallest absolute Gasteiger partial charge is 0.315 e. The first-order valence-corrected chi connectivity index (χ1v) is 8.27. The molecule has 2 amide bonds. The molecule has 3 rings (SSSR count). The summed E-state index contributed by atoms with van der Waals surface area (Å²) >= 11 is 1.61. The summed E-state index contributed by atoms with van der Waals surface area (Å²) in [4.78, 5) is 16.4. The summed E-state index contributed by atoms with van der Waals surface area (Å²) in [5.74, 6) is 1.07. The lowest BCUT2D eigenvalue weighted by molar-refractivity contribution is 0.223. The predicted octanol–water partition coefficient (Wildman–Crippen LogP) is 3.07. The van der Waals surface area contributed by atoms with Crippen molar-refractivity contribution in [3.05, 3.63) is 46.4 Å². The van der Waals surface area contributed by atoms with Gasteiger partial charge in [-0.2, -0.15) is 0 Å². The summed E-state index contributed by atoms with van der Waals surface area (Å²) in [6.45, 7) is 3.25. The van der Waals surface area contributed by atoms with Gasteiger partial charge >= 0.3 is 6.03 Å². The van der Waals surface area contributed by atoms with Gasteiger partial charge in [-0.1, -0.05) is 25.1 Å². The molecular weight excluding hydrogens is 298 g/mol. The average molecular weight is 317 g/mol. The van der Waals surface area contributed by atoms with Gasteiger partial charge in [0, 0.05) is 36.0 Å². The Morgan fingerprint density at radius 3 is 3.18 bits per heavy atom. The van der Waals surface area contributed by atoms with E-state index in [-0.39, 0.29) is 18.0 Å². The van der Waals surface area contributed by atoms with E-state index in [0.29, 0.717) is 13.2 Å². The molecule has 22 heavy (non-hydrogen) atoms. The van der Waals surface area contributed by atoms with Crippen LogP contribution < -0.4 is 15.4 Å². The number of nitrogens with one attached hydrogen (secondary N) is 2. The van der Waals surface area contributed by atoms with Crippen LogP contribution in [-0.4, -0.2) is 24.2 Å². The maximum absolute atomic E-state index is 12.1. The molecule has 2 N–H and O–H groups in total. The van der Waals surface area contributed by atoms with Crippen LogP contribution >= 0.6 is 11.3 Å². The van der Waals surface area contributed by atoms with E-state index in [9.17, 15) is 4.79 Å². The molecule has 1 aliphatic heterocycles.